The second-order valence-electron chi connectivity index (χ2n) is 6.85. The van der Waals surface area contributed by atoms with Crippen LogP contribution in [0.4, 0.5) is 15.8 Å². The second kappa shape index (κ2) is 8.08. The Bertz CT molecular complexity index is 913. The van der Waals surface area contributed by atoms with Gasteiger partial charge in [-0.05, 0) is 54.7 Å². The molecule has 1 N–H and O–H groups in total. The molecular weight excluding hydrogens is 367 g/mol. The van der Waals surface area contributed by atoms with Crippen molar-refractivity contribution in [3.05, 3.63) is 59.9 Å². The van der Waals surface area contributed by atoms with Crippen LogP contribution in [0.5, 0.6) is 0 Å². The van der Waals surface area contributed by atoms with Gasteiger partial charge in [0.1, 0.15) is 5.82 Å². The Labute approximate surface area is 159 Å². The highest BCUT2D eigenvalue weighted by atomic mass is 32.2. The van der Waals surface area contributed by atoms with Crippen LogP contribution in [0, 0.1) is 5.82 Å². The third-order valence-electron chi connectivity index (χ3n) is 4.70. The van der Waals surface area contributed by atoms with Crippen LogP contribution in [-0.2, 0) is 14.8 Å². The number of rotatable bonds is 5. The molecule has 0 spiro atoms. The molecule has 0 aliphatic carbocycles. The van der Waals surface area contributed by atoms with E-state index in [1.54, 1.807) is 36.4 Å². The van der Waals surface area contributed by atoms with Crippen molar-refractivity contribution in [1.82, 2.24) is 0 Å². The van der Waals surface area contributed by atoms with Gasteiger partial charge < -0.3 is 5.32 Å². The van der Waals surface area contributed by atoms with E-state index in [2.05, 4.69) is 5.32 Å². The summed E-state index contributed by atoms with van der Waals surface area (Å²) < 4.78 is 38.9. The molecule has 1 amide bonds. The van der Waals surface area contributed by atoms with Gasteiger partial charge in [-0.15, -0.1) is 0 Å². The minimum absolute atomic E-state index is 0.0590. The van der Waals surface area contributed by atoms with Crippen LogP contribution in [0.1, 0.15) is 37.7 Å². The monoisotopic (exact) mass is 390 g/mol. The number of hydrogen-bond donors (Lipinski definition) is 1. The number of sulfonamides is 1. The molecule has 1 fully saturated rings. The van der Waals surface area contributed by atoms with Crippen LogP contribution in [-0.4, -0.2) is 26.6 Å². The molecule has 7 heteroatoms. The molecule has 3 rings (SSSR count). The summed E-state index contributed by atoms with van der Waals surface area (Å²) in [7, 11) is -3.29. The number of nitrogens with zero attached hydrogens (tertiary/aromatic N) is 1. The topological polar surface area (TPSA) is 66.5 Å². The van der Waals surface area contributed by atoms with E-state index in [4.69, 9.17) is 0 Å². The maximum absolute atomic E-state index is 13.0. The van der Waals surface area contributed by atoms with Crippen LogP contribution >= 0.6 is 0 Å². The van der Waals surface area contributed by atoms with Crippen molar-refractivity contribution in [1.29, 1.82) is 0 Å². The van der Waals surface area contributed by atoms with E-state index >= 15 is 0 Å². The summed E-state index contributed by atoms with van der Waals surface area (Å²) in [6, 6.07) is 13.0. The van der Waals surface area contributed by atoms with Gasteiger partial charge in [-0.1, -0.05) is 25.1 Å². The van der Waals surface area contributed by atoms with Gasteiger partial charge in [0, 0.05) is 18.7 Å². The fourth-order valence-corrected chi connectivity index (χ4v) is 4.85. The van der Waals surface area contributed by atoms with Crippen LogP contribution in [0.15, 0.2) is 48.5 Å². The van der Waals surface area contributed by atoms with Crippen LogP contribution in [0.25, 0.3) is 0 Å². The fourth-order valence-electron chi connectivity index (χ4n) is 3.22. The normalized spacial score (nSPS) is 17.3. The van der Waals surface area contributed by atoms with Gasteiger partial charge in [0.15, 0.2) is 0 Å². The summed E-state index contributed by atoms with van der Waals surface area (Å²) in [4.78, 5) is 12.4. The molecule has 0 aromatic heterocycles. The van der Waals surface area contributed by atoms with E-state index in [0.29, 0.717) is 24.3 Å². The maximum atomic E-state index is 13.0. The van der Waals surface area contributed by atoms with E-state index in [1.165, 1.54) is 16.4 Å². The molecular formula is C20H23FN2O3S. The molecule has 1 heterocycles. The SMILES string of the molecule is CC(CC(=O)Nc1cccc(N2CCCCS2(=O)=O)c1)c1ccc(F)cc1. The van der Waals surface area contributed by atoms with Crippen molar-refractivity contribution in [2.24, 2.45) is 0 Å². The molecule has 1 saturated heterocycles. The Kier molecular flexibility index (Phi) is 5.79. The predicted molar refractivity (Wildman–Crippen MR) is 105 cm³/mol. The Morgan fingerprint density at radius 2 is 1.93 bits per heavy atom. The molecule has 1 atom stereocenters. The van der Waals surface area contributed by atoms with Gasteiger partial charge in [-0.25, -0.2) is 12.8 Å². The lowest BCUT2D eigenvalue weighted by atomic mass is 9.97. The zero-order valence-corrected chi connectivity index (χ0v) is 16.0. The van der Waals surface area contributed by atoms with Crippen molar-refractivity contribution in [3.8, 4) is 0 Å². The number of benzene rings is 2. The first-order valence-electron chi connectivity index (χ1n) is 9.01. The summed E-state index contributed by atoms with van der Waals surface area (Å²) >= 11 is 0. The first-order valence-corrected chi connectivity index (χ1v) is 10.6. The average Bonchev–Trinajstić information content (AvgIpc) is 2.62. The van der Waals surface area contributed by atoms with Gasteiger partial charge in [0.2, 0.25) is 15.9 Å². The molecule has 2 aromatic carbocycles. The summed E-state index contributed by atoms with van der Waals surface area (Å²) in [5.74, 6) is -0.389. The lowest BCUT2D eigenvalue weighted by Gasteiger charge is -2.28. The number of carbonyl (C=O) groups excluding carboxylic acids is 1. The highest BCUT2D eigenvalue weighted by Gasteiger charge is 2.26. The third kappa shape index (κ3) is 4.86. The molecule has 0 saturated carbocycles. The molecule has 0 bridgehead atoms. The number of anilines is 2. The van der Waals surface area contributed by atoms with Gasteiger partial charge in [-0.3, -0.25) is 9.10 Å². The van der Waals surface area contributed by atoms with E-state index < -0.39 is 10.0 Å². The van der Waals surface area contributed by atoms with Crippen molar-refractivity contribution < 1.29 is 17.6 Å². The van der Waals surface area contributed by atoms with Gasteiger partial charge in [0.25, 0.3) is 0 Å². The minimum atomic E-state index is -3.29. The summed E-state index contributed by atoms with van der Waals surface area (Å²) in [5, 5.41) is 2.83. The first kappa shape index (κ1) is 19.4. The Morgan fingerprint density at radius 3 is 2.63 bits per heavy atom. The fraction of sp³-hybridized carbons (Fsp3) is 0.350. The third-order valence-corrected chi connectivity index (χ3v) is 6.57. The minimum Gasteiger partial charge on any atom is -0.326 e. The number of nitrogens with one attached hydrogen (secondary N) is 1. The number of amides is 1. The molecule has 1 unspecified atom stereocenters. The van der Waals surface area contributed by atoms with E-state index in [-0.39, 0.29) is 29.8 Å². The number of hydrogen-bond acceptors (Lipinski definition) is 3. The Hall–Kier alpha value is -2.41. The Morgan fingerprint density at radius 1 is 1.19 bits per heavy atom. The highest BCUT2D eigenvalue weighted by Crippen LogP contribution is 2.26. The lowest BCUT2D eigenvalue weighted by molar-refractivity contribution is -0.116. The van der Waals surface area contributed by atoms with Gasteiger partial charge >= 0.3 is 0 Å². The number of halogens is 1. The van der Waals surface area contributed by atoms with E-state index in [0.717, 1.165) is 12.0 Å². The largest absolute Gasteiger partial charge is 0.326 e. The van der Waals surface area contributed by atoms with Crippen molar-refractivity contribution in [2.45, 2.75) is 32.1 Å². The second-order valence-corrected chi connectivity index (χ2v) is 8.86. The summed E-state index contributed by atoms with van der Waals surface area (Å²) in [5.41, 5.74) is 2.02. The average molecular weight is 390 g/mol. The van der Waals surface area contributed by atoms with Gasteiger partial charge in [-0.2, -0.15) is 0 Å². The molecule has 2 aromatic rings. The molecule has 144 valence electrons. The smallest absolute Gasteiger partial charge is 0.235 e. The zero-order chi connectivity index (χ0) is 19.4. The summed E-state index contributed by atoms with van der Waals surface area (Å²) in [6.45, 7) is 2.37. The quantitative estimate of drug-likeness (QED) is 0.842. The maximum Gasteiger partial charge on any atom is 0.235 e. The predicted octanol–water partition coefficient (Wildman–Crippen LogP) is 3.89. The summed E-state index contributed by atoms with van der Waals surface area (Å²) in [6.07, 6.45) is 1.75. The molecule has 5 nitrogen and oxygen atoms in total. The zero-order valence-electron chi connectivity index (χ0n) is 15.2. The van der Waals surface area contributed by atoms with Crippen molar-refractivity contribution in [3.63, 3.8) is 0 Å². The van der Waals surface area contributed by atoms with Crippen LogP contribution < -0.4 is 9.62 Å². The van der Waals surface area contributed by atoms with Gasteiger partial charge in [0.05, 0.1) is 11.4 Å². The van der Waals surface area contributed by atoms with E-state index in [1.807, 2.05) is 6.92 Å². The standard InChI is InChI=1S/C20H23FN2O3S/c1-15(16-7-9-17(21)10-8-16)13-20(24)22-18-5-4-6-19(14-18)23-11-2-3-12-27(23,25)26/h4-10,14-15H,2-3,11-13H2,1H3,(H,22,24). The first-order chi connectivity index (χ1) is 12.8. The lowest BCUT2D eigenvalue weighted by Crippen LogP contribution is -2.37. The van der Waals surface area contributed by atoms with Crippen molar-refractivity contribution in [2.75, 3.05) is 21.9 Å². The van der Waals surface area contributed by atoms with Crippen molar-refractivity contribution >= 4 is 27.3 Å². The number of carbonyl (C=O) groups is 1. The molecule has 0 radical (unpaired) electrons. The van der Waals surface area contributed by atoms with E-state index in [9.17, 15) is 17.6 Å². The Balaban J connectivity index is 1.67. The molecule has 27 heavy (non-hydrogen) atoms. The van der Waals surface area contributed by atoms with Crippen LogP contribution in [0.3, 0.4) is 0 Å². The molecule has 1 aliphatic heterocycles. The highest BCUT2D eigenvalue weighted by molar-refractivity contribution is 7.92. The van der Waals surface area contributed by atoms with Crippen LogP contribution in [0.2, 0.25) is 0 Å². The molecule has 1 aliphatic rings.